The van der Waals surface area contributed by atoms with E-state index in [2.05, 4.69) is 148 Å². The van der Waals surface area contributed by atoms with E-state index >= 15 is 0 Å². The molecule has 0 saturated carbocycles. The van der Waals surface area contributed by atoms with E-state index in [-0.39, 0.29) is 24.8 Å². The average Bonchev–Trinajstić information content (AvgIpc) is 3.59. The van der Waals surface area contributed by atoms with Crippen molar-refractivity contribution < 1.29 is 49.0 Å². The Hall–Kier alpha value is -2.44. The van der Waals surface area contributed by atoms with Crippen molar-refractivity contribution in [3.63, 3.8) is 0 Å². The first-order valence-electron chi connectivity index (χ1n) is 12.4. The van der Waals surface area contributed by atoms with E-state index in [0.29, 0.717) is 5.41 Å². The minimum atomic E-state index is 0. The van der Waals surface area contributed by atoms with Crippen LogP contribution >= 0.6 is 0 Å². The van der Waals surface area contributed by atoms with Crippen LogP contribution < -0.4 is 24.8 Å². The molecule has 0 atom stereocenters. The third kappa shape index (κ3) is 8.54. The molecular formula is C35H32Cl2Zr-2. The molecule has 5 aromatic carbocycles. The number of benzene rings is 4. The quantitative estimate of drug-likeness (QED) is 0.263. The zero-order valence-corrected chi connectivity index (χ0v) is 26.1. The summed E-state index contributed by atoms with van der Waals surface area (Å²) in [7, 11) is 0. The minimum Gasteiger partial charge on any atom is -0.179 e. The molecule has 0 aromatic heterocycles. The molecule has 1 aliphatic carbocycles. The van der Waals surface area contributed by atoms with Gasteiger partial charge in [-0.3, -0.25) is 0 Å². The third-order valence-electron chi connectivity index (χ3n) is 6.27. The Morgan fingerprint density at radius 2 is 1.26 bits per heavy atom. The summed E-state index contributed by atoms with van der Waals surface area (Å²) in [5.41, 5.74) is 9.91. The smallest absolute Gasteiger partial charge is 0.0253 e. The Balaban J connectivity index is 0.000000200. The molecule has 0 heterocycles. The van der Waals surface area contributed by atoms with E-state index in [1.54, 1.807) is 0 Å². The van der Waals surface area contributed by atoms with Crippen LogP contribution in [0.25, 0.3) is 11.1 Å². The monoisotopic (exact) mass is 612 g/mol. The van der Waals surface area contributed by atoms with Crippen LogP contribution in [0.15, 0.2) is 127 Å². The fourth-order valence-corrected chi connectivity index (χ4v) is 5.07. The molecule has 0 radical (unpaired) electrons. The standard InChI is InChI=1S/C13H9.C13H10.C9H13.2ClH.Zr/c1-3-7-12-10(5-1)9-11-6-2-4-8-13(11)12;1-3-7-12(8-4-1)11-13-9-5-2-6-10-13;1-9(2,3)8-6-4-5-7-8;;;/h1-5,7-8H,9H2;1-10H;4-7H,1-3H3;2*1H;/q-1;;-1;;;+2/p-2. The molecule has 192 valence electrons. The number of rotatable bonds is 2. The van der Waals surface area contributed by atoms with Gasteiger partial charge in [-0.15, -0.1) is 5.56 Å². The average molecular weight is 615 g/mol. The van der Waals surface area contributed by atoms with Gasteiger partial charge in [-0.05, 0) is 6.42 Å². The largest absolute Gasteiger partial charge is 0.179 e. The second kappa shape index (κ2) is 15.2. The summed E-state index contributed by atoms with van der Waals surface area (Å²) in [4.78, 5) is 0. The zero-order chi connectivity index (χ0) is 25.4. The fraction of sp³-hybridized carbons (Fsp3) is 0.143. The Bertz CT molecular complexity index is 1300. The van der Waals surface area contributed by atoms with Crippen LogP contribution in [0.5, 0.6) is 0 Å². The van der Waals surface area contributed by atoms with Crippen LogP contribution in [0.4, 0.5) is 0 Å². The molecule has 0 saturated heterocycles. The predicted octanol–water partition coefficient (Wildman–Crippen LogP) is 2.57. The first kappa shape index (κ1) is 31.8. The maximum Gasteiger partial charge on any atom is -0.0253 e. The van der Waals surface area contributed by atoms with Gasteiger partial charge >= 0.3 is 99.2 Å². The van der Waals surface area contributed by atoms with Gasteiger partial charge in [0.2, 0.25) is 0 Å². The van der Waals surface area contributed by atoms with Gasteiger partial charge in [-0.1, -0.05) is 61.6 Å². The van der Waals surface area contributed by atoms with Crippen LogP contribution in [0.2, 0.25) is 0 Å². The van der Waals surface area contributed by atoms with Crippen molar-refractivity contribution in [2.24, 2.45) is 0 Å². The molecule has 0 bridgehead atoms. The molecule has 0 aliphatic heterocycles. The van der Waals surface area contributed by atoms with Crippen LogP contribution in [0.3, 0.4) is 0 Å². The number of fused-ring (bicyclic) bond motifs is 3. The number of hydrogen-bond donors (Lipinski definition) is 0. The topological polar surface area (TPSA) is 0 Å². The van der Waals surface area contributed by atoms with Crippen molar-refractivity contribution in [1.82, 2.24) is 0 Å². The van der Waals surface area contributed by atoms with E-state index in [4.69, 9.17) is 0 Å². The van der Waals surface area contributed by atoms with Crippen molar-refractivity contribution in [2.45, 2.75) is 32.6 Å². The van der Waals surface area contributed by atoms with Crippen molar-refractivity contribution in [3.8, 4) is 11.1 Å². The second-order valence-corrected chi connectivity index (χ2v) is 11.2. The summed E-state index contributed by atoms with van der Waals surface area (Å²) in [5, 5.41) is 0. The molecule has 1 aliphatic rings. The van der Waals surface area contributed by atoms with Crippen molar-refractivity contribution in [3.05, 3.63) is 161 Å². The molecule has 0 nitrogen and oxygen atoms in total. The summed E-state index contributed by atoms with van der Waals surface area (Å²) in [6, 6.07) is 47.7. The molecule has 0 fully saturated rings. The van der Waals surface area contributed by atoms with E-state index < -0.39 is 0 Å². The zero-order valence-electron chi connectivity index (χ0n) is 22.1. The summed E-state index contributed by atoms with van der Waals surface area (Å²) >= 11 is 1.46. The predicted molar refractivity (Wildman–Crippen MR) is 150 cm³/mol. The van der Waals surface area contributed by atoms with E-state index in [0.717, 1.165) is 6.42 Å². The van der Waals surface area contributed by atoms with Crippen molar-refractivity contribution in [1.29, 1.82) is 0 Å². The van der Waals surface area contributed by atoms with Crippen molar-refractivity contribution >= 4 is 3.21 Å². The van der Waals surface area contributed by atoms with E-state index in [9.17, 15) is 0 Å². The second-order valence-electron chi connectivity index (χ2n) is 9.93. The molecule has 0 N–H and O–H groups in total. The normalized spacial score (nSPS) is 10.7. The Kier molecular flexibility index (Phi) is 12.7. The van der Waals surface area contributed by atoms with Gasteiger partial charge in [0.1, 0.15) is 0 Å². The fourth-order valence-electron chi connectivity index (χ4n) is 4.25. The SMILES string of the molecule is CC(C)(C)c1cc[cH-]c1.[Cl-].[Cl-].[Zr+2]=[C](c1ccccc1)c1ccccc1.[c-]1cccc2c1Cc1ccccc1-2. The van der Waals surface area contributed by atoms with Crippen molar-refractivity contribution in [2.75, 3.05) is 0 Å². The van der Waals surface area contributed by atoms with Gasteiger partial charge < -0.3 is 24.8 Å². The molecule has 0 amide bonds. The van der Waals surface area contributed by atoms with Gasteiger partial charge in [-0.25, -0.2) is 6.07 Å². The van der Waals surface area contributed by atoms with Crippen LogP contribution in [0, 0.1) is 6.07 Å². The molecule has 5 aromatic rings. The van der Waals surface area contributed by atoms with Gasteiger partial charge in [0.25, 0.3) is 0 Å². The molecule has 6 rings (SSSR count). The summed E-state index contributed by atoms with van der Waals surface area (Å²) < 4.78 is 1.42. The van der Waals surface area contributed by atoms with Crippen LogP contribution in [0.1, 0.15) is 48.6 Å². The van der Waals surface area contributed by atoms with Gasteiger partial charge in [0.15, 0.2) is 0 Å². The van der Waals surface area contributed by atoms with Gasteiger partial charge in [-0.2, -0.15) is 53.6 Å². The van der Waals surface area contributed by atoms with E-state index in [1.807, 2.05) is 6.07 Å². The van der Waals surface area contributed by atoms with Gasteiger partial charge in [0, 0.05) is 0 Å². The molecular weight excluding hydrogens is 583 g/mol. The van der Waals surface area contributed by atoms with Crippen LogP contribution in [-0.4, -0.2) is 3.21 Å². The maximum atomic E-state index is 3.30. The summed E-state index contributed by atoms with van der Waals surface area (Å²) in [6.45, 7) is 6.67. The third-order valence-corrected chi connectivity index (χ3v) is 7.69. The molecule has 0 unspecified atom stereocenters. The molecule has 3 heteroatoms. The number of hydrogen-bond acceptors (Lipinski definition) is 0. The number of halogens is 2. The Labute approximate surface area is 255 Å². The first-order chi connectivity index (χ1) is 17.4. The molecule has 38 heavy (non-hydrogen) atoms. The Morgan fingerprint density at radius 1 is 0.711 bits per heavy atom. The van der Waals surface area contributed by atoms with E-state index in [1.165, 1.54) is 66.4 Å². The summed E-state index contributed by atoms with van der Waals surface area (Å²) in [6.07, 6.45) is 1.05. The van der Waals surface area contributed by atoms with Crippen LogP contribution in [-0.2, 0) is 36.1 Å². The Morgan fingerprint density at radius 3 is 1.79 bits per heavy atom. The first-order valence-corrected chi connectivity index (χ1v) is 13.7. The maximum absolute atomic E-state index is 3.30. The summed E-state index contributed by atoms with van der Waals surface area (Å²) in [5.74, 6) is 0. The van der Waals surface area contributed by atoms with Gasteiger partial charge in [0.05, 0.1) is 0 Å². The molecule has 0 spiro atoms. The minimum absolute atomic E-state index is 0.